The normalized spacial score (nSPS) is 20.7. The zero-order chi connectivity index (χ0) is 15.6. The van der Waals surface area contributed by atoms with Crippen LogP contribution in [0.15, 0.2) is 21.5 Å². The number of benzene rings is 1. The lowest BCUT2D eigenvalue weighted by atomic mass is 10.0. The molecule has 1 unspecified atom stereocenters. The van der Waals surface area contributed by atoms with Gasteiger partial charge in [-0.1, -0.05) is 6.42 Å². The van der Waals surface area contributed by atoms with Crippen molar-refractivity contribution in [2.24, 2.45) is 0 Å². The van der Waals surface area contributed by atoms with Crippen molar-refractivity contribution in [2.45, 2.75) is 30.2 Å². The molecule has 1 heterocycles. The van der Waals surface area contributed by atoms with E-state index in [-0.39, 0.29) is 17.1 Å². The molecule has 1 saturated heterocycles. The summed E-state index contributed by atoms with van der Waals surface area (Å²) in [6.45, 7) is 1.13. The SMILES string of the molecule is CN1CCCCC1CNS(=O)(=O)c1c(F)cc(F)cc1Br. The van der Waals surface area contributed by atoms with Gasteiger partial charge in [-0.25, -0.2) is 21.9 Å². The fourth-order valence-corrected chi connectivity index (χ4v) is 4.70. The van der Waals surface area contributed by atoms with Gasteiger partial charge in [-0.05, 0) is 48.4 Å². The Balaban J connectivity index is 2.15. The summed E-state index contributed by atoms with van der Waals surface area (Å²) < 4.78 is 53.5. The Kier molecular flexibility index (Phi) is 5.34. The fourth-order valence-electron chi connectivity index (χ4n) is 2.47. The summed E-state index contributed by atoms with van der Waals surface area (Å²) in [5.41, 5.74) is 0. The zero-order valence-corrected chi connectivity index (χ0v) is 14.0. The maximum Gasteiger partial charge on any atom is 0.244 e. The number of hydrogen-bond donors (Lipinski definition) is 1. The van der Waals surface area contributed by atoms with E-state index in [1.165, 1.54) is 0 Å². The van der Waals surface area contributed by atoms with E-state index in [9.17, 15) is 17.2 Å². The van der Waals surface area contributed by atoms with Gasteiger partial charge < -0.3 is 4.90 Å². The first-order chi connectivity index (χ1) is 9.81. The molecule has 0 amide bonds. The average Bonchev–Trinajstić information content (AvgIpc) is 2.36. The highest BCUT2D eigenvalue weighted by Crippen LogP contribution is 2.26. The molecule has 1 aromatic carbocycles. The van der Waals surface area contributed by atoms with Crippen molar-refractivity contribution in [3.05, 3.63) is 28.2 Å². The largest absolute Gasteiger partial charge is 0.302 e. The summed E-state index contributed by atoms with van der Waals surface area (Å²) in [7, 11) is -2.09. The monoisotopic (exact) mass is 382 g/mol. The highest BCUT2D eigenvalue weighted by molar-refractivity contribution is 9.10. The zero-order valence-electron chi connectivity index (χ0n) is 11.6. The molecule has 1 atom stereocenters. The van der Waals surface area contributed by atoms with Crippen molar-refractivity contribution >= 4 is 26.0 Å². The molecule has 21 heavy (non-hydrogen) atoms. The van der Waals surface area contributed by atoms with Crippen LogP contribution in [0.5, 0.6) is 0 Å². The number of nitrogens with zero attached hydrogens (tertiary/aromatic N) is 1. The molecule has 1 fully saturated rings. The van der Waals surface area contributed by atoms with Crippen LogP contribution in [0.3, 0.4) is 0 Å². The maximum atomic E-state index is 13.7. The van der Waals surface area contributed by atoms with Crippen LogP contribution in [0.2, 0.25) is 0 Å². The van der Waals surface area contributed by atoms with Gasteiger partial charge in [-0.15, -0.1) is 0 Å². The predicted octanol–water partition coefficient (Wildman–Crippen LogP) is 2.49. The van der Waals surface area contributed by atoms with Gasteiger partial charge in [0.15, 0.2) is 0 Å². The number of likely N-dealkylation sites (tertiary alicyclic amines) is 1. The molecule has 0 spiro atoms. The summed E-state index contributed by atoms with van der Waals surface area (Å²) in [5, 5.41) is 0. The van der Waals surface area contributed by atoms with Gasteiger partial charge in [-0.2, -0.15) is 0 Å². The van der Waals surface area contributed by atoms with Crippen molar-refractivity contribution in [1.82, 2.24) is 9.62 Å². The molecule has 1 N–H and O–H groups in total. The standard InChI is InChI=1S/C13H17BrF2N2O2S/c1-18-5-3-2-4-10(18)8-17-21(19,20)13-11(14)6-9(15)7-12(13)16/h6-7,10,17H,2-5,8H2,1H3. The van der Waals surface area contributed by atoms with Gasteiger partial charge in [0.1, 0.15) is 16.5 Å². The van der Waals surface area contributed by atoms with E-state index < -0.39 is 26.6 Å². The second-order valence-corrected chi connectivity index (χ2v) is 7.74. The van der Waals surface area contributed by atoms with Crippen LogP contribution >= 0.6 is 15.9 Å². The van der Waals surface area contributed by atoms with E-state index in [2.05, 4.69) is 25.6 Å². The number of sulfonamides is 1. The number of likely N-dealkylation sites (N-methyl/N-ethyl adjacent to an activating group) is 1. The number of rotatable bonds is 4. The highest BCUT2D eigenvalue weighted by atomic mass is 79.9. The minimum atomic E-state index is -4.03. The Morgan fingerprint density at radius 2 is 2.10 bits per heavy atom. The van der Waals surface area contributed by atoms with E-state index in [1.54, 1.807) is 0 Å². The van der Waals surface area contributed by atoms with E-state index in [1.807, 2.05) is 7.05 Å². The van der Waals surface area contributed by atoms with Gasteiger partial charge in [0.2, 0.25) is 10.0 Å². The molecule has 4 nitrogen and oxygen atoms in total. The third-order valence-corrected chi connectivity index (χ3v) is 6.05. The summed E-state index contributed by atoms with van der Waals surface area (Å²) >= 11 is 2.90. The van der Waals surface area contributed by atoms with Gasteiger partial charge in [0, 0.05) is 23.1 Å². The van der Waals surface area contributed by atoms with Crippen LogP contribution in [0, 0.1) is 11.6 Å². The van der Waals surface area contributed by atoms with Crippen LogP contribution < -0.4 is 4.72 Å². The predicted molar refractivity (Wildman–Crippen MR) is 79.5 cm³/mol. The molecule has 1 aromatic rings. The molecule has 1 aliphatic rings. The van der Waals surface area contributed by atoms with Crippen LogP contribution in [0.25, 0.3) is 0 Å². The van der Waals surface area contributed by atoms with E-state index >= 15 is 0 Å². The second kappa shape index (κ2) is 6.68. The van der Waals surface area contributed by atoms with Gasteiger partial charge in [0.25, 0.3) is 0 Å². The Morgan fingerprint density at radius 3 is 2.71 bits per heavy atom. The minimum Gasteiger partial charge on any atom is -0.302 e. The quantitative estimate of drug-likeness (QED) is 0.869. The Morgan fingerprint density at radius 1 is 1.38 bits per heavy atom. The Bertz CT molecular complexity index is 602. The van der Waals surface area contributed by atoms with E-state index in [4.69, 9.17) is 0 Å². The van der Waals surface area contributed by atoms with Crippen molar-refractivity contribution in [1.29, 1.82) is 0 Å². The second-order valence-electron chi connectivity index (χ2n) is 5.18. The molecule has 118 valence electrons. The number of piperidine rings is 1. The lowest BCUT2D eigenvalue weighted by molar-refractivity contribution is 0.187. The molecular weight excluding hydrogens is 366 g/mol. The van der Waals surface area contributed by atoms with Gasteiger partial charge in [0.05, 0.1) is 0 Å². The molecule has 8 heteroatoms. The van der Waals surface area contributed by atoms with Crippen LogP contribution in [0.1, 0.15) is 19.3 Å². The molecule has 0 bridgehead atoms. The topological polar surface area (TPSA) is 49.4 Å². The van der Waals surface area contributed by atoms with Crippen molar-refractivity contribution in [3.63, 3.8) is 0 Å². The third kappa shape index (κ3) is 4.00. The first-order valence-corrected chi connectivity index (χ1v) is 8.93. The highest BCUT2D eigenvalue weighted by Gasteiger charge is 2.26. The number of nitrogens with one attached hydrogen (secondary N) is 1. The first-order valence-electron chi connectivity index (χ1n) is 6.65. The average molecular weight is 383 g/mol. The third-order valence-electron chi connectivity index (χ3n) is 3.66. The maximum absolute atomic E-state index is 13.7. The smallest absolute Gasteiger partial charge is 0.244 e. The minimum absolute atomic E-state index is 0.0933. The summed E-state index contributed by atoms with van der Waals surface area (Å²) in [4.78, 5) is 1.53. The molecule has 0 aromatic heterocycles. The molecule has 0 aliphatic carbocycles. The number of hydrogen-bond acceptors (Lipinski definition) is 3. The first kappa shape index (κ1) is 16.8. The Labute approximate surface area is 131 Å². The molecule has 2 rings (SSSR count). The molecule has 0 saturated carbocycles. The molecular formula is C13H17BrF2N2O2S. The van der Waals surface area contributed by atoms with Gasteiger partial charge in [-0.3, -0.25) is 0 Å². The summed E-state index contributed by atoms with van der Waals surface area (Å²) in [6, 6.07) is 1.59. The molecule has 0 radical (unpaired) electrons. The van der Waals surface area contributed by atoms with Gasteiger partial charge >= 0.3 is 0 Å². The van der Waals surface area contributed by atoms with Crippen LogP contribution in [-0.2, 0) is 10.0 Å². The summed E-state index contributed by atoms with van der Waals surface area (Å²) in [5.74, 6) is -1.93. The lowest BCUT2D eigenvalue weighted by Crippen LogP contribution is -2.44. The van der Waals surface area contributed by atoms with Crippen molar-refractivity contribution in [2.75, 3.05) is 20.1 Å². The van der Waals surface area contributed by atoms with Crippen LogP contribution in [-0.4, -0.2) is 39.5 Å². The number of halogens is 3. The van der Waals surface area contributed by atoms with Crippen molar-refractivity contribution < 1.29 is 17.2 Å². The Hall–Kier alpha value is -0.570. The van der Waals surface area contributed by atoms with Crippen LogP contribution in [0.4, 0.5) is 8.78 Å². The lowest BCUT2D eigenvalue weighted by Gasteiger charge is -2.32. The summed E-state index contributed by atoms with van der Waals surface area (Å²) in [6.07, 6.45) is 3.04. The fraction of sp³-hybridized carbons (Fsp3) is 0.538. The molecule has 1 aliphatic heterocycles. The van der Waals surface area contributed by atoms with E-state index in [0.29, 0.717) is 6.07 Å². The van der Waals surface area contributed by atoms with Crippen molar-refractivity contribution in [3.8, 4) is 0 Å². The van der Waals surface area contributed by atoms with E-state index in [0.717, 1.165) is 31.9 Å².